The maximum Gasteiger partial charge on any atom is 0.573 e. The molecule has 0 saturated heterocycles. The van der Waals surface area contributed by atoms with Gasteiger partial charge in [-0.1, -0.05) is 19.1 Å². The zero-order valence-corrected chi connectivity index (χ0v) is 19.1. The highest BCUT2D eigenvalue weighted by Crippen LogP contribution is 2.22. The van der Waals surface area contributed by atoms with Crippen LogP contribution in [0, 0.1) is 0 Å². The van der Waals surface area contributed by atoms with Crippen LogP contribution in [-0.2, 0) is 24.2 Å². The molecule has 0 saturated carbocycles. The van der Waals surface area contributed by atoms with E-state index < -0.39 is 6.36 Å². The minimum absolute atomic E-state index is 0. The Labute approximate surface area is 190 Å². The predicted octanol–water partition coefficient (Wildman–Crippen LogP) is 2.74. The van der Waals surface area contributed by atoms with E-state index in [2.05, 4.69) is 30.6 Å². The van der Waals surface area contributed by atoms with Gasteiger partial charge in [-0.2, -0.15) is 0 Å². The van der Waals surface area contributed by atoms with Crippen molar-refractivity contribution in [3.8, 4) is 5.75 Å². The minimum atomic E-state index is -4.70. The summed E-state index contributed by atoms with van der Waals surface area (Å²) in [6, 6.07) is 5.62. The Morgan fingerprint density at radius 2 is 1.87 bits per heavy atom. The molecule has 30 heavy (non-hydrogen) atoms. The molecular formula is C18H26F3IN6O2. The molecule has 0 aliphatic carbocycles. The van der Waals surface area contributed by atoms with Crippen LogP contribution in [0.5, 0.6) is 5.75 Å². The van der Waals surface area contributed by atoms with Gasteiger partial charge in [-0.15, -0.1) is 47.3 Å². The van der Waals surface area contributed by atoms with Gasteiger partial charge in [0.1, 0.15) is 17.9 Å². The second-order valence-electron chi connectivity index (χ2n) is 6.00. The average molecular weight is 542 g/mol. The van der Waals surface area contributed by atoms with Crippen LogP contribution in [0.2, 0.25) is 0 Å². The van der Waals surface area contributed by atoms with Gasteiger partial charge in [0.2, 0.25) is 0 Å². The van der Waals surface area contributed by atoms with E-state index in [1.807, 2.05) is 11.5 Å². The van der Waals surface area contributed by atoms with Crippen LogP contribution < -0.4 is 15.4 Å². The van der Waals surface area contributed by atoms with Gasteiger partial charge < -0.3 is 24.7 Å². The fraction of sp³-hybridized carbons (Fsp3) is 0.500. The van der Waals surface area contributed by atoms with Crippen molar-refractivity contribution < 1.29 is 22.6 Å². The molecule has 168 valence electrons. The molecule has 1 aromatic heterocycles. The number of halogens is 4. The summed E-state index contributed by atoms with van der Waals surface area (Å²) >= 11 is 0. The third-order valence-electron chi connectivity index (χ3n) is 3.83. The molecule has 0 radical (unpaired) electrons. The van der Waals surface area contributed by atoms with Crippen molar-refractivity contribution in [2.75, 3.05) is 26.8 Å². The molecule has 2 aromatic rings. The lowest BCUT2D eigenvalue weighted by Gasteiger charge is -2.13. The van der Waals surface area contributed by atoms with E-state index >= 15 is 0 Å². The van der Waals surface area contributed by atoms with Crippen molar-refractivity contribution in [1.29, 1.82) is 0 Å². The van der Waals surface area contributed by atoms with E-state index in [0.717, 1.165) is 17.8 Å². The molecule has 0 aliphatic heterocycles. The first-order valence-corrected chi connectivity index (χ1v) is 9.13. The lowest BCUT2D eigenvalue weighted by Crippen LogP contribution is -2.40. The van der Waals surface area contributed by atoms with Gasteiger partial charge in [-0.25, -0.2) is 4.99 Å². The number of hydrogen-bond donors (Lipinski definition) is 2. The third kappa shape index (κ3) is 9.61. The Morgan fingerprint density at radius 1 is 1.17 bits per heavy atom. The molecule has 0 fully saturated rings. The lowest BCUT2D eigenvalue weighted by atomic mass is 10.2. The molecule has 1 heterocycles. The van der Waals surface area contributed by atoms with Crippen LogP contribution in [-0.4, -0.2) is 53.9 Å². The Balaban J connectivity index is 0.00000450. The van der Waals surface area contributed by atoms with Crippen molar-refractivity contribution in [3.05, 3.63) is 42.0 Å². The monoisotopic (exact) mass is 542 g/mol. The number of rotatable bonds is 10. The summed E-state index contributed by atoms with van der Waals surface area (Å²) in [5, 5.41) is 14.3. The van der Waals surface area contributed by atoms with E-state index in [4.69, 9.17) is 4.74 Å². The standard InChI is InChI=1S/C18H25F3N6O2.HI/c1-3-16-26-25-13-27(16)10-8-22-17(23-9-11-28-2)24-12-14-4-6-15(7-5-14)29-18(19,20)21;/h4-7,13H,3,8-12H2,1-2H3,(H2,22,23,24);1H. The highest BCUT2D eigenvalue weighted by Gasteiger charge is 2.30. The number of aryl methyl sites for hydroxylation is 1. The Bertz CT molecular complexity index is 768. The summed E-state index contributed by atoms with van der Waals surface area (Å²) in [4.78, 5) is 4.47. The Hall–Kier alpha value is -2.09. The second kappa shape index (κ2) is 13.3. The van der Waals surface area contributed by atoms with Crippen molar-refractivity contribution >= 4 is 29.9 Å². The molecule has 12 heteroatoms. The number of nitrogens with zero attached hydrogens (tertiary/aromatic N) is 4. The molecule has 0 amide bonds. The van der Waals surface area contributed by atoms with Gasteiger partial charge in [0.15, 0.2) is 5.96 Å². The van der Waals surface area contributed by atoms with E-state index in [1.54, 1.807) is 25.6 Å². The normalized spacial score (nSPS) is 11.7. The molecule has 0 spiro atoms. The number of nitrogens with one attached hydrogen (secondary N) is 2. The van der Waals surface area contributed by atoms with E-state index in [1.165, 1.54) is 12.1 Å². The van der Waals surface area contributed by atoms with Gasteiger partial charge in [-0.05, 0) is 17.7 Å². The Kier molecular flexibility index (Phi) is 11.5. The SMILES string of the molecule is CCc1nncn1CCNC(=NCc1ccc(OC(F)(F)F)cc1)NCCOC.I. The summed E-state index contributed by atoms with van der Waals surface area (Å²) in [5.41, 5.74) is 0.749. The molecule has 0 aliphatic rings. The number of benzene rings is 1. The lowest BCUT2D eigenvalue weighted by molar-refractivity contribution is -0.274. The topological polar surface area (TPSA) is 85.6 Å². The minimum Gasteiger partial charge on any atom is -0.406 e. The van der Waals surface area contributed by atoms with E-state index in [9.17, 15) is 13.2 Å². The molecule has 1 aromatic carbocycles. The number of aliphatic imine (C=N–C) groups is 1. The number of hydrogen-bond acceptors (Lipinski definition) is 5. The van der Waals surface area contributed by atoms with E-state index in [0.29, 0.717) is 38.7 Å². The molecule has 0 atom stereocenters. The molecule has 2 rings (SSSR count). The fourth-order valence-electron chi connectivity index (χ4n) is 2.45. The number of aromatic nitrogens is 3. The Morgan fingerprint density at radius 3 is 2.50 bits per heavy atom. The third-order valence-corrected chi connectivity index (χ3v) is 3.83. The molecule has 0 unspecified atom stereocenters. The van der Waals surface area contributed by atoms with Gasteiger partial charge >= 0.3 is 6.36 Å². The maximum atomic E-state index is 12.2. The van der Waals surface area contributed by atoms with Gasteiger partial charge in [0.05, 0.1) is 13.2 Å². The fourth-order valence-corrected chi connectivity index (χ4v) is 2.45. The van der Waals surface area contributed by atoms with Crippen LogP contribution in [0.15, 0.2) is 35.6 Å². The first kappa shape index (κ1) is 25.9. The predicted molar refractivity (Wildman–Crippen MR) is 117 cm³/mol. The number of guanidine groups is 1. The van der Waals surface area contributed by atoms with Gasteiger partial charge in [-0.3, -0.25) is 0 Å². The average Bonchev–Trinajstić information content (AvgIpc) is 3.13. The van der Waals surface area contributed by atoms with Crippen LogP contribution in [0.1, 0.15) is 18.3 Å². The maximum absolute atomic E-state index is 12.2. The summed E-state index contributed by atoms with van der Waals surface area (Å²) in [5.74, 6) is 1.21. The van der Waals surface area contributed by atoms with Crippen LogP contribution in [0.4, 0.5) is 13.2 Å². The highest BCUT2D eigenvalue weighted by atomic mass is 127. The van der Waals surface area contributed by atoms with E-state index in [-0.39, 0.29) is 29.7 Å². The van der Waals surface area contributed by atoms with Crippen molar-refractivity contribution in [2.45, 2.75) is 32.8 Å². The molecule has 0 bridgehead atoms. The summed E-state index contributed by atoms with van der Waals surface area (Å²) in [6.07, 6.45) is -2.23. The zero-order chi connectivity index (χ0) is 21.1. The number of ether oxygens (including phenoxy) is 2. The summed E-state index contributed by atoms with van der Waals surface area (Å²) < 4.78 is 47.5. The van der Waals surface area contributed by atoms with Crippen LogP contribution >= 0.6 is 24.0 Å². The number of alkyl halides is 3. The van der Waals surface area contributed by atoms with Crippen molar-refractivity contribution in [1.82, 2.24) is 25.4 Å². The number of methoxy groups -OCH3 is 1. The molecular weight excluding hydrogens is 516 g/mol. The quantitative estimate of drug-likeness (QED) is 0.208. The summed E-state index contributed by atoms with van der Waals surface area (Å²) in [6.45, 7) is 4.65. The zero-order valence-electron chi connectivity index (χ0n) is 16.8. The van der Waals surface area contributed by atoms with Gasteiger partial charge in [0, 0.05) is 33.2 Å². The molecule has 2 N–H and O–H groups in total. The first-order valence-electron chi connectivity index (χ1n) is 9.13. The van der Waals surface area contributed by atoms with Crippen molar-refractivity contribution in [3.63, 3.8) is 0 Å². The summed E-state index contributed by atoms with van der Waals surface area (Å²) in [7, 11) is 1.61. The van der Waals surface area contributed by atoms with Crippen molar-refractivity contribution in [2.24, 2.45) is 4.99 Å². The first-order chi connectivity index (χ1) is 13.9. The second-order valence-corrected chi connectivity index (χ2v) is 6.00. The van der Waals surface area contributed by atoms with Gasteiger partial charge in [0.25, 0.3) is 0 Å². The van der Waals surface area contributed by atoms with Crippen LogP contribution in [0.3, 0.4) is 0 Å². The highest BCUT2D eigenvalue weighted by molar-refractivity contribution is 14.0. The molecule has 8 nitrogen and oxygen atoms in total. The smallest absolute Gasteiger partial charge is 0.406 e. The van der Waals surface area contributed by atoms with Crippen LogP contribution in [0.25, 0.3) is 0 Å². The largest absolute Gasteiger partial charge is 0.573 e.